The van der Waals surface area contributed by atoms with Gasteiger partial charge >= 0.3 is 17.4 Å². The molecule has 0 aliphatic rings. The van der Waals surface area contributed by atoms with Gasteiger partial charge in [-0.05, 0) is 13.8 Å². The first-order chi connectivity index (χ1) is 1.73. The summed E-state index contributed by atoms with van der Waals surface area (Å²) in [5.41, 5.74) is 0. The Morgan fingerprint density at radius 3 is 1.00 bits per heavy atom. The van der Waals surface area contributed by atoms with Crippen molar-refractivity contribution in [3.63, 3.8) is 0 Å². The Bertz CT molecular complexity index is 19.2. The first kappa shape index (κ1) is 34.4. The summed E-state index contributed by atoms with van der Waals surface area (Å²) < 4.78 is 0. The normalized spacial score (nSPS) is 4.50. The van der Waals surface area contributed by atoms with Crippen LogP contribution >= 0.6 is 0 Å². The van der Waals surface area contributed by atoms with Gasteiger partial charge in [-0.15, -0.1) is 0 Å². The molecule has 0 bridgehead atoms. The first-order valence-electron chi connectivity index (χ1n) is 1.41. The van der Waals surface area contributed by atoms with E-state index in [0.29, 0.717) is 0 Å². The molecule has 0 spiro atoms. The van der Waals surface area contributed by atoms with Gasteiger partial charge in [-0.25, -0.2) is 0 Å². The molecule has 8 heavy (non-hydrogen) atoms. The van der Waals surface area contributed by atoms with Crippen LogP contribution in [0.25, 0.3) is 0 Å². The summed E-state index contributed by atoms with van der Waals surface area (Å²) in [7, 11) is 0. The zero-order valence-corrected chi connectivity index (χ0v) is 8.16. The number of rotatable bonds is 0. The topological polar surface area (TPSA) is 20.2 Å². The van der Waals surface area contributed by atoms with E-state index in [9.17, 15) is 0 Å². The molecule has 0 aliphatic heterocycles. The average molecular weight is 193 g/mol. The number of halogens is 3. The standard InChI is InChI=1S/C3H8O.Al.3ClH/c1-3(2)4;;;;/h3-4H,1-2H3;;3*1H/q;+3;;;/p-3. The van der Waals surface area contributed by atoms with Gasteiger partial charge in [-0.3, -0.25) is 0 Å². The van der Waals surface area contributed by atoms with Gasteiger partial charge in [-0.2, -0.15) is 0 Å². The van der Waals surface area contributed by atoms with Gasteiger partial charge in [0.25, 0.3) is 0 Å². The Hall–Kier alpha value is 1.36. The molecule has 0 aromatic carbocycles. The average Bonchev–Trinajstić information content (AvgIpc) is 0.811. The predicted octanol–water partition coefficient (Wildman–Crippen LogP) is -8.98. The molecule has 0 fully saturated rings. The van der Waals surface area contributed by atoms with Crippen molar-refractivity contribution in [3.8, 4) is 0 Å². The van der Waals surface area contributed by atoms with Gasteiger partial charge in [0, 0.05) is 6.10 Å². The summed E-state index contributed by atoms with van der Waals surface area (Å²) >= 11 is 0. The SMILES string of the molecule is CC(C)O.[Al+3].[Cl-].[Cl-].[Cl-]. The van der Waals surface area contributed by atoms with E-state index in [0.717, 1.165) is 0 Å². The quantitative estimate of drug-likeness (QED) is 0.379. The number of aliphatic hydroxyl groups excluding tert-OH is 1. The van der Waals surface area contributed by atoms with Crippen LogP contribution in [0.5, 0.6) is 0 Å². The zero-order chi connectivity index (χ0) is 3.58. The summed E-state index contributed by atoms with van der Waals surface area (Å²) in [6.45, 7) is 3.44. The minimum absolute atomic E-state index is 0. The molecule has 0 unspecified atom stereocenters. The largest absolute Gasteiger partial charge is 3.00 e. The second kappa shape index (κ2) is 23.8. The summed E-state index contributed by atoms with van der Waals surface area (Å²) in [6, 6.07) is 0. The maximum absolute atomic E-state index is 8.06. The van der Waals surface area contributed by atoms with Crippen molar-refractivity contribution in [2.45, 2.75) is 20.0 Å². The molecular formula is C3H8AlCl3O. The molecule has 0 radical (unpaired) electrons. The van der Waals surface area contributed by atoms with Crippen LogP contribution in [0.15, 0.2) is 0 Å². The van der Waals surface area contributed by atoms with Crippen LogP contribution in [0, 0.1) is 0 Å². The summed E-state index contributed by atoms with van der Waals surface area (Å²) in [5, 5.41) is 8.06. The number of aliphatic hydroxyl groups is 1. The van der Waals surface area contributed by atoms with Crippen LogP contribution in [-0.2, 0) is 0 Å². The monoisotopic (exact) mass is 192 g/mol. The van der Waals surface area contributed by atoms with E-state index in [1.807, 2.05) is 0 Å². The van der Waals surface area contributed by atoms with Crippen LogP contribution in [0.2, 0.25) is 0 Å². The van der Waals surface area contributed by atoms with Crippen molar-refractivity contribution in [1.29, 1.82) is 0 Å². The van der Waals surface area contributed by atoms with Crippen molar-refractivity contribution < 1.29 is 42.3 Å². The fourth-order valence-electron chi connectivity index (χ4n) is 0. The van der Waals surface area contributed by atoms with Crippen molar-refractivity contribution in [3.05, 3.63) is 0 Å². The number of hydrogen-bond acceptors (Lipinski definition) is 1. The molecule has 0 amide bonds. The summed E-state index contributed by atoms with van der Waals surface area (Å²) in [4.78, 5) is 0. The molecule has 0 aromatic rings. The van der Waals surface area contributed by atoms with E-state index in [4.69, 9.17) is 5.11 Å². The third kappa shape index (κ3) is 161. The van der Waals surface area contributed by atoms with Gasteiger partial charge in [0.2, 0.25) is 0 Å². The van der Waals surface area contributed by atoms with E-state index < -0.39 is 0 Å². The maximum atomic E-state index is 8.06. The molecule has 0 aromatic heterocycles. The fraction of sp³-hybridized carbons (Fsp3) is 1.00. The fourth-order valence-corrected chi connectivity index (χ4v) is 0. The Kier molecular flexibility index (Phi) is 102. The van der Waals surface area contributed by atoms with Gasteiger partial charge in [0.1, 0.15) is 0 Å². The molecule has 0 saturated heterocycles. The van der Waals surface area contributed by atoms with Crippen LogP contribution in [0.4, 0.5) is 0 Å². The smallest absolute Gasteiger partial charge is 1.00 e. The van der Waals surface area contributed by atoms with Crippen molar-refractivity contribution >= 4 is 17.4 Å². The minimum Gasteiger partial charge on any atom is -1.00 e. The predicted molar refractivity (Wildman–Crippen MR) is 23.1 cm³/mol. The zero-order valence-electron chi connectivity index (χ0n) is 4.74. The number of hydrogen-bond donors (Lipinski definition) is 1. The van der Waals surface area contributed by atoms with E-state index in [-0.39, 0.29) is 60.7 Å². The van der Waals surface area contributed by atoms with E-state index >= 15 is 0 Å². The Morgan fingerprint density at radius 1 is 1.00 bits per heavy atom. The Labute approximate surface area is 79.6 Å². The maximum Gasteiger partial charge on any atom is 3.00 e. The van der Waals surface area contributed by atoms with Gasteiger partial charge in [0.15, 0.2) is 0 Å². The second-order valence-corrected chi connectivity index (χ2v) is 1.09. The molecule has 1 nitrogen and oxygen atoms in total. The molecule has 0 atom stereocenters. The van der Waals surface area contributed by atoms with E-state index in [2.05, 4.69) is 0 Å². The van der Waals surface area contributed by atoms with Crippen molar-refractivity contribution in [2.75, 3.05) is 0 Å². The van der Waals surface area contributed by atoms with Crippen LogP contribution in [-0.4, -0.2) is 28.6 Å². The van der Waals surface area contributed by atoms with Crippen molar-refractivity contribution in [2.24, 2.45) is 0 Å². The van der Waals surface area contributed by atoms with Gasteiger partial charge < -0.3 is 42.3 Å². The minimum atomic E-state index is -0.167. The van der Waals surface area contributed by atoms with Crippen LogP contribution < -0.4 is 37.2 Å². The Balaban J connectivity index is -0.00000000750. The van der Waals surface area contributed by atoms with Crippen LogP contribution in [0.1, 0.15) is 13.8 Å². The first-order valence-corrected chi connectivity index (χ1v) is 1.41. The summed E-state index contributed by atoms with van der Waals surface area (Å²) in [6.07, 6.45) is -0.167. The third-order valence-electron chi connectivity index (χ3n) is 0. The third-order valence-corrected chi connectivity index (χ3v) is 0. The molecule has 0 aliphatic carbocycles. The van der Waals surface area contributed by atoms with E-state index in [1.165, 1.54) is 0 Å². The molecule has 0 saturated carbocycles. The van der Waals surface area contributed by atoms with Gasteiger partial charge in [0.05, 0.1) is 0 Å². The Morgan fingerprint density at radius 2 is 1.00 bits per heavy atom. The molecule has 0 rings (SSSR count). The molecule has 0 heterocycles. The second-order valence-electron chi connectivity index (χ2n) is 1.09. The van der Waals surface area contributed by atoms with Gasteiger partial charge in [-0.1, -0.05) is 0 Å². The van der Waals surface area contributed by atoms with E-state index in [1.54, 1.807) is 13.8 Å². The van der Waals surface area contributed by atoms with Crippen molar-refractivity contribution in [1.82, 2.24) is 0 Å². The molecule has 50 valence electrons. The molecule has 5 heteroatoms. The van der Waals surface area contributed by atoms with Crippen LogP contribution in [0.3, 0.4) is 0 Å². The molecule has 1 N–H and O–H groups in total. The summed E-state index contributed by atoms with van der Waals surface area (Å²) in [5.74, 6) is 0. The molecular weight excluding hydrogens is 185 g/mol.